The summed E-state index contributed by atoms with van der Waals surface area (Å²) in [6.45, 7) is 5.96. The number of hydrogen-bond acceptors (Lipinski definition) is 9. The van der Waals surface area contributed by atoms with Crippen LogP contribution >= 0.6 is 11.3 Å². The van der Waals surface area contributed by atoms with Crippen LogP contribution in [0.5, 0.6) is 0 Å². The van der Waals surface area contributed by atoms with Gasteiger partial charge in [0.15, 0.2) is 26.5 Å². The number of pyridine rings is 2. The Morgan fingerprint density at radius 3 is 2.75 bits per heavy atom. The molecule has 5 aromatic heterocycles. The van der Waals surface area contributed by atoms with Gasteiger partial charge in [-0.2, -0.15) is 0 Å². The number of rotatable bonds is 4. The Bertz CT molecular complexity index is 1730. The molecular weight excluding hydrogens is 496 g/mol. The SMILES string of the molecule is Cc1nc(S(C)(=O)=O)ccc1-c1csc2c(N3CCOC[C@H]3C)nc(-c3ccnc4[nH]ccc34)nc12. The molecule has 0 aromatic carbocycles. The molecule has 0 spiro atoms. The number of nitrogens with zero attached hydrogens (tertiary/aromatic N) is 5. The lowest BCUT2D eigenvalue weighted by atomic mass is 10.1. The van der Waals surface area contributed by atoms with Crippen molar-refractivity contribution in [3.63, 3.8) is 0 Å². The minimum absolute atomic E-state index is 0.0630. The molecule has 1 aliphatic rings. The van der Waals surface area contributed by atoms with Crippen LogP contribution in [-0.4, -0.2) is 65.4 Å². The van der Waals surface area contributed by atoms with E-state index in [1.165, 1.54) is 6.26 Å². The molecule has 6 heterocycles. The van der Waals surface area contributed by atoms with Gasteiger partial charge in [0, 0.05) is 58.3 Å². The normalized spacial score (nSPS) is 16.8. The van der Waals surface area contributed by atoms with Gasteiger partial charge in [-0.1, -0.05) is 0 Å². The number of anilines is 1. The number of aromatic amines is 1. The summed E-state index contributed by atoms with van der Waals surface area (Å²) < 4.78 is 30.7. The third-order valence-corrected chi connectivity index (χ3v) is 8.42. The first-order chi connectivity index (χ1) is 17.3. The van der Waals surface area contributed by atoms with Crippen molar-refractivity contribution in [2.24, 2.45) is 0 Å². The molecule has 36 heavy (non-hydrogen) atoms. The minimum Gasteiger partial charge on any atom is -0.377 e. The van der Waals surface area contributed by atoms with E-state index in [-0.39, 0.29) is 11.1 Å². The standard InChI is InChI=1S/C25H24N6O3S2/c1-14-12-34-11-10-31(14)25-22-21(29-24(30-25)18-7-9-27-23-17(18)6-8-26-23)19(13-35-22)16-4-5-20(28-15(16)2)36(3,32)33/h4-9,13-14H,10-12H2,1-3H3,(H,26,27)/t14-/m1/s1. The van der Waals surface area contributed by atoms with Crippen molar-refractivity contribution in [1.29, 1.82) is 0 Å². The average Bonchev–Trinajstić information content (AvgIpc) is 3.50. The molecule has 1 aliphatic heterocycles. The van der Waals surface area contributed by atoms with Crippen molar-refractivity contribution in [1.82, 2.24) is 24.9 Å². The molecule has 5 aromatic rings. The summed E-state index contributed by atoms with van der Waals surface area (Å²) in [6, 6.07) is 7.45. The van der Waals surface area contributed by atoms with Crippen LogP contribution in [-0.2, 0) is 14.6 Å². The molecule has 1 saturated heterocycles. The summed E-state index contributed by atoms with van der Waals surface area (Å²) in [5.41, 5.74) is 4.88. The molecule has 11 heteroatoms. The van der Waals surface area contributed by atoms with Gasteiger partial charge >= 0.3 is 0 Å². The Labute approximate surface area is 212 Å². The molecule has 0 aliphatic carbocycles. The molecule has 0 radical (unpaired) electrons. The number of morpholine rings is 1. The van der Waals surface area contributed by atoms with Crippen molar-refractivity contribution >= 4 is 48.2 Å². The number of nitrogens with one attached hydrogen (secondary N) is 1. The summed E-state index contributed by atoms with van der Waals surface area (Å²) in [6.07, 6.45) is 4.78. The summed E-state index contributed by atoms with van der Waals surface area (Å²) in [5, 5.41) is 3.07. The predicted molar refractivity (Wildman–Crippen MR) is 141 cm³/mol. The predicted octanol–water partition coefficient (Wildman–Crippen LogP) is 4.23. The van der Waals surface area contributed by atoms with Gasteiger partial charge < -0.3 is 14.6 Å². The molecule has 1 atom stereocenters. The number of H-pyrrole nitrogens is 1. The number of hydrogen-bond donors (Lipinski definition) is 1. The molecule has 0 saturated carbocycles. The maximum Gasteiger partial charge on any atom is 0.192 e. The highest BCUT2D eigenvalue weighted by molar-refractivity contribution is 7.90. The van der Waals surface area contributed by atoms with Gasteiger partial charge in [-0.25, -0.2) is 28.4 Å². The lowest BCUT2D eigenvalue weighted by Crippen LogP contribution is -2.44. The van der Waals surface area contributed by atoms with Crippen LogP contribution in [0.1, 0.15) is 12.6 Å². The Kier molecular flexibility index (Phi) is 5.51. The van der Waals surface area contributed by atoms with Gasteiger partial charge in [-0.05, 0) is 38.1 Å². The van der Waals surface area contributed by atoms with Crippen LogP contribution in [0.25, 0.3) is 43.8 Å². The van der Waals surface area contributed by atoms with Gasteiger partial charge in [0.1, 0.15) is 5.65 Å². The summed E-state index contributed by atoms with van der Waals surface area (Å²) in [7, 11) is -3.40. The maximum atomic E-state index is 12.0. The van der Waals surface area contributed by atoms with Crippen molar-refractivity contribution < 1.29 is 13.2 Å². The third kappa shape index (κ3) is 3.83. The number of fused-ring (bicyclic) bond motifs is 2. The molecule has 9 nitrogen and oxygen atoms in total. The van der Waals surface area contributed by atoms with Gasteiger partial charge in [0.2, 0.25) is 0 Å². The topological polar surface area (TPSA) is 114 Å². The monoisotopic (exact) mass is 520 g/mol. The van der Waals surface area contributed by atoms with Crippen LogP contribution < -0.4 is 4.90 Å². The second kappa shape index (κ2) is 8.61. The second-order valence-corrected chi connectivity index (χ2v) is 11.8. The molecule has 0 amide bonds. The molecule has 6 rings (SSSR count). The Balaban J connectivity index is 1.61. The number of sulfone groups is 1. The summed E-state index contributed by atoms with van der Waals surface area (Å²) >= 11 is 1.59. The maximum absolute atomic E-state index is 12.0. The Hall–Kier alpha value is -3.41. The quantitative estimate of drug-likeness (QED) is 0.374. The molecule has 0 unspecified atom stereocenters. The van der Waals surface area contributed by atoms with E-state index in [0.717, 1.165) is 50.3 Å². The van der Waals surface area contributed by atoms with E-state index in [9.17, 15) is 8.42 Å². The highest BCUT2D eigenvalue weighted by Crippen LogP contribution is 2.41. The minimum atomic E-state index is -3.40. The lowest BCUT2D eigenvalue weighted by Gasteiger charge is -2.34. The Morgan fingerprint density at radius 1 is 1.11 bits per heavy atom. The fraction of sp³-hybridized carbons (Fsp3) is 0.280. The fourth-order valence-corrected chi connectivity index (χ4v) is 6.26. The van der Waals surface area contributed by atoms with Crippen molar-refractivity contribution in [3.05, 3.63) is 47.7 Å². The van der Waals surface area contributed by atoms with Crippen molar-refractivity contribution in [3.8, 4) is 22.5 Å². The molecule has 1 fully saturated rings. The van der Waals surface area contributed by atoms with Crippen LogP contribution in [0.4, 0.5) is 5.82 Å². The lowest BCUT2D eigenvalue weighted by molar-refractivity contribution is 0.0987. The zero-order valence-electron chi connectivity index (χ0n) is 20.0. The summed E-state index contributed by atoms with van der Waals surface area (Å²) in [5.74, 6) is 1.49. The number of aryl methyl sites for hydroxylation is 1. The Morgan fingerprint density at radius 2 is 1.97 bits per heavy atom. The van der Waals surface area contributed by atoms with Gasteiger partial charge in [-0.3, -0.25) is 0 Å². The highest BCUT2D eigenvalue weighted by Gasteiger charge is 2.26. The van der Waals surface area contributed by atoms with Crippen LogP contribution in [0.3, 0.4) is 0 Å². The number of ether oxygens (including phenoxy) is 1. The van der Waals surface area contributed by atoms with Gasteiger partial charge in [0.25, 0.3) is 0 Å². The first-order valence-electron chi connectivity index (χ1n) is 11.6. The fourth-order valence-electron chi connectivity index (χ4n) is 4.64. The first kappa shape index (κ1) is 23.0. The second-order valence-electron chi connectivity index (χ2n) is 8.97. The van der Waals surface area contributed by atoms with Crippen molar-refractivity contribution in [2.45, 2.75) is 24.9 Å². The van der Waals surface area contributed by atoms with E-state index in [1.54, 1.807) is 23.6 Å². The smallest absolute Gasteiger partial charge is 0.192 e. The van der Waals surface area contributed by atoms with Crippen molar-refractivity contribution in [2.75, 3.05) is 30.9 Å². The van der Waals surface area contributed by atoms with E-state index in [4.69, 9.17) is 14.7 Å². The largest absolute Gasteiger partial charge is 0.377 e. The zero-order chi connectivity index (χ0) is 25.0. The molecule has 1 N–H and O–H groups in total. The van der Waals surface area contributed by atoms with Gasteiger partial charge in [-0.15, -0.1) is 11.3 Å². The molecule has 184 valence electrons. The van der Waals surface area contributed by atoms with E-state index in [0.29, 0.717) is 24.7 Å². The number of thiophene rings is 1. The van der Waals surface area contributed by atoms with Crippen LogP contribution in [0, 0.1) is 6.92 Å². The van der Waals surface area contributed by atoms with E-state index in [2.05, 4.69) is 32.2 Å². The van der Waals surface area contributed by atoms with E-state index < -0.39 is 9.84 Å². The van der Waals surface area contributed by atoms with E-state index >= 15 is 0 Å². The summed E-state index contributed by atoms with van der Waals surface area (Å²) in [4.78, 5) is 24.4. The van der Waals surface area contributed by atoms with E-state index in [1.807, 2.05) is 31.3 Å². The molecular formula is C25H24N6O3S2. The zero-order valence-corrected chi connectivity index (χ0v) is 21.7. The third-order valence-electron chi connectivity index (χ3n) is 6.47. The van der Waals surface area contributed by atoms with Crippen LogP contribution in [0.2, 0.25) is 0 Å². The molecule has 0 bridgehead atoms. The average molecular weight is 521 g/mol. The van der Waals surface area contributed by atoms with Crippen LogP contribution in [0.15, 0.2) is 47.1 Å². The van der Waals surface area contributed by atoms with Gasteiger partial charge in [0.05, 0.1) is 29.5 Å². The number of aromatic nitrogens is 5. The first-order valence-corrected chi connectivity index (χ1v) is 14.3. The highest BCUT2D eigenvalue weighted by atomic mass is 32.2.